The summed E-state index contributed by atoms with van der Waals surface area (Å²) in [5, 5.41) is 5.26. The molecule has 0 aliphatic rings. The number of aryl methyl sites for hydroxylation is 1. The third-order valence-electron chi connectivity index (χ3n) is 2.51. The van der Waals surface area contributed by atoms with Gasteiger partial charge >= 0.3 is 0 Å². The van der Waals surface area contributed by atoms with Crippen LogP contribution < -0.4 is 0 Å². The van der Waals surface area contributed by atoms with E-state index < -0.39 is 0 Å². The van der Waals surface area contributed by atoms with Crippen molar-refractivity contribution in [1.82, 2.24) is 19.7 Å². The van der Waals surface area contributed by atoms with Gasteiger partial charge in [-0.25, -0.2) is 14.6 Å². The average Bonchev–Trinajstić information content (AvgIpc) is 2.74. The van der Waals surface area contributed by atoms with Crippen molar-refractivity contribution in [2.75, 3.05) is 0 Å². The van der Waals surface area contributed by atoms with Gasteiger partial charge < -0.3 is 0 Å². The van der Waals surface area contributed by atoms with Gasteiger partial charge in [-0.15, -0.1) is 0 Å². The van der Waals surface area contributed by atoms with E-state index in [1.807, 2.05) is 16.8 Å². The maximum atomic E-state index is 4.31. The molecular weight excluding hydrogens is 200 g/mol. The Labute approximate surface area is 92.6 Å². The van der Waals surface area contributed by atoms with E-state index in [-0.39, 0.29) is 0 Å². The quantitative estimate of drug-likeness (QED) is 0.618. The Kier molecular flexibility index (Phi) is 1.93. The molecular formula is C12H10N4. The molecule has 0 spiro atoms. The minimum absolute atomic E-state index is 0.832. The van der Waals surface area contributed by atoms with Crippen LogP contribution in [-0.2, 0) is 0 Å². The SMILES string of the molecule is Cc1ccc(-n2ncc3cncnc32)cc1. The second-order valence-corrected chi connectivity index (χ2v) is 3.69. The summed E-state index contributed by atoms with van der Waals surface area (Å²) < 4.78 is 1.82. The van der Waals surface area contributed by atoms with Gasteiger partial charge in [-0.2, -0.15) is 5.10 Å². The van der Waals surface area contributed by atoms with E-state index in [0.717, 1.165) is 16.7 Å². The van der Waals surface area contributed by atoms with Crippen LogP contribution >= 0.6 is 0 Å². The molecule has 0 amide bonds. The van der Waals surface area contributed by atoms with Gasteiger partial charge in [0.2, 0.25) is 0 Å². The molecule has 2 heterocycles. The molecule has 16 heavy (non-hydrogen) atoms. The van der Waals surface area contributed by atoms with Crippen LogP contribution in [-0.4, -0.2) is 19.7 Å². The maximum absolute atomic E-state index is 4.31. The summed E-state index contributed by atoms with van der Waals surface area (Å²) in [7, 11) is 0. The molecule has 0 fully saturated rings. The summed E-state index contributed by atoms with van der Waals surface area (Å²) in [5.41, 5.74) is 3.08. The normalized spacial score (nSPS) is 10.8. The molecule has 3 aromatic rings. The van der Waals surface area contributed by atoms with Crippen LogP contribution in [0.1, 0.15) is 5.56 Å². The highest BCUT2D eigenvalue weighted by atomic mass is 15.3. The van der Waals surface area contributed by atoms with Gasteiger partial charge in [0, 0.05) is 6.20 Å². The number of rotatable bonds is 1. The number of aromatic nitrogens is 4. The molecule has 0 saturated heterocycles. The second kappa shape index (κ2) is 3.41. The van der Waals surface area contributed by atoms with Crippen molar-refractivity contribution >= 4 is 11.0 Å². The van der Waals surface area contributed by atoms with Gasteiger partial charge in [0.05, 0.1) is 17.3 Å². The van der Waals surface area contributed by atoms with Crippen molar-refractivity contribution in [3.8, 4) is 5.69 Å². The predicted octanol–water partition coefficient (Wildman–Crippen LogP) is 2.12. The van der Waals surface area contributed by atoms with Crippen LogP contribution in [0.15, 0.2) is 43.0 Å². The molecule has 0 aliphatic carbocycles. The monoisotopic (exact) mass is 210 g/mol. The first-order chi connectivity index (χ1) is 7.84. The largest absolute Gasteiger partial charge is 0.244 e. The fourth-order valence-corrected chi connectivity index (χ4v) is 1.65. The van der Waals surface area contributed by atoms with Crippen LogP contribution in [0.3, 0.4) is 0 Å². The van der Waals surface area contributed by atoms with Crippen LogP contribution in [0.5, 0.6) is 0 Å². The van der Waals surface area contributed by atoms with Crippen molar-refractivity contribution in [3.63, 3.8) is 0 Å². The highest BCUT2D eigenvalue weighted by Gasteiger charge is 2.04. The smallest absolute Gasteiger partial charge is 0.166 e. The van der Waals surface area contributed by atoms with Crippen molar-refractivity contribution in [1.29, 1.82) is 0 Å². The summed E-state index contributed by atoms with van der Waals surface area (Å²) in [4.78, 5) is 8.20. The Morgan fingerprint density at radius 3 is 2.69 bits per heavy atom. The zero-order chi connectivity index (χ0) is 11.0. The van der Waals surface area contributed by atoms with Crippen LogP contribution in [0.25, 0.3) is 16.7 Å². The standard InChI is InChI=1S/C12H10N4/c1-9-2-4-11(5-3-9)16-12-10(7-15-16)6-13-8-14-12/h2-8H,1H3. The lowest BCUT2D eigenvalue weighted by Crippen LogP contribution is -1.97. The first kappa shape index (κ1) is 9.03. The molecule has 2 aromatic heterocycles. The fraction of sp³-hybridized carbons (Fsp3) is 0.0833. The van der Waals surface area contributed by atoms with E-state index in [9.17, 15) is 0 Å². The molecule has 0 aliphatic heterocycles. The molecule has 78 valence electrons. The maximum Gasteiger partial charge on any atom is 0.166 e. The van der Waals surface area contributed by atoms with Crippen molar-refractivity contribution in [3.05, 3.63) is 48.5 Å². The lowest BCUT2D eigenvalue weighted by Gasteiger charge is -2.02. The van der Waals surface area contributed by atoms with Crippen molar-refractivity contribution in [2.45, 2.75) is 6.92 Å². The Bertz CT molecular complexity index is 625. The molecule has 1 aromatic carbocycles. The molecule has 0 N–H and O–H groups in total. The van der Waals surface area contributed by atoms with E-state index in [2.05, 4.69) is 34.1 Å². The first-order valence-corrected chi connectivity index (χ1v) is 5.05. The number of hydrogen-bond acceptors (Lipinski definition) is 3. The number of nitrogens with zero attached hydrogens (tertiary/aromatic N) is 4. The minimum Gasteiger partial charge on any atom is -0.244 e. The van der Waals surface area contributed by atoms with E-state index in [0.29, 0.717) is 0 Å². The topological polar surface area (TPSA) is 43.6 Å². The van der Waals surface area contributed by atoms with Gasteiger partial charge in [-0.05, 0) is 19.1 Å². The van der Waals surface area contributed by atoms with E-state index in [4.69, 9.17) is 0 Å². The minimum atomic E-state index is 0.832. The van der Waals surface area contributed by atoms with Gasteiger partial charge in [-0.3, -0.25) is 0 Å². The highest BCUT2D eigenvalue weighted by molar-refractivity contribution is 5.74. The number of benzene rings is 1. The van der Waals surface area contributed by atoms with Crippen molar-refractivity contribution in [2.24, 2.45) is 0 Å². The molecule has 4 nitrogen and oxygen atoms in total. The Morgan fingerprint density at radius 2 is 1.88 bits per heavy atom. The molecule has 4 heteroatoms. The molecule has 0 atom stereocenters. The Hall–Kier alpha value is -2.23. The van der Waals surface area contributed by atoms with Crippen molar-refractivity contribution < 1.29 is 0 Å². The Morgan fingerprint density at radius 1 is 1.06 bits per heavy atom. The molecule has 0 saturated carbocycles. The summed E-state index contributed by atoms with van der Waals surface area (Å²) >= 11 is 0. The Balaban J connectivity index is 2.22. The number of fused-ring (bicyclic) bond motifs is 1. The van der Waals surface area contributed by atoms with E-state index in [1.165, 1.54) is 11.9 Å². The zero-order valence-electron chi connectivity index (χ0n) is 8.83. The lowest BCUT2D eigenvalue weighted by molar-refractivity contribution is 0.894. The van der Waals surface area contributed by atoms with E-state index >= 15 is 0 Å². The summed E-state index contributed by atoms with van der Waals surface area (Å²) in [5.74, 6) is 0. The predicted molar refractivity (Wildman–Crippen MR) is 61.4 cm³/mol. The summed E-state index contributed by atoms with van der Waals surface area (Å²) in [6, 6.07) is 8.18. The van der Waals surface area contributed by atoms with Crippen LogP contribution in [0.2, 0.25) is 0 Å². The molecule has 0 unspecified atom stereocenters. The third kappa shape index (κ3) is 1.35. The average molecular weight is 210 g/mol. The van der Waals surface area contributed by atoms with E-state index in [1.54, 1.807) is 12.4 Å². The molecule has 3 rings (SSSR count). The second-order valence-electron chi connectivity index (χ2n) is 3.69. The first-order valence-electron chi connectivity index (χ1n) is 5.05. The summed E-state index contributed by atoms with van der Waals surface area (Å²) in [6.07, 6.45) is 5.07. The lowest BCUT2D eigenvalue weighted by atomic mass is 10.2. The fourth-order valence-electron chi connectivity index (χ4n) is 1.65. The van der Waals surface area contributed by atoms with Crippen LogP contribution in [0.4, 0.5) is 0 Å². The van der Waals surface area contributed by atoms with Gasteiger partial charge in [0.25, 0.3) is 0 Å². The van der Waals surface area contributed by atoms with Gasteiger partial charge in [0.1, 0.15) is 6.33 Å². The van der Waals surface area contributed by atoms with Gasteiger partial charge in [-0.1, -0.05) is 17.7 Å². The number of hydrogen-bond donors (Lipinski definition) is 0. The zero-order valence-corrected chi connectivity index (χ0v) is 8.83. The highest BCUT2D eigenvalue weighted by Crippen LogP contribution is 2.15. The van der Waals surface area contributed by atoms with Gasteiger partial charge in [0.15, 0.2) is 5.65 Å². The third-order valence-corrected chi connectivity index (χ3v) is 2.51. The van der Waals surface area contributed by atoms with Crippen LogP contribution in [0, 0.1) is 6.92 Å². The molecule has 0 radical (unpaired) electrons. The summed E-state index contributed by atoms with van der Waals surface area (Å²) in [6.45, 7) is 2.06. The molecule has 0 bridgehead atoms.